The van der Waals surface area contributed by atoms with Crippen molar-refractivity contribution >= 4 is 11.6 Å². The van der Waals surface area contributed by atoms with Crippen molar-refractivity contribution in [1.29, 1.82) is 0 Å². The second-order valence-corrected chi connectivity index (χ2v) is 7.28. The van der Waals surface area contributed by atoms with E-state index in [1.807, 2.05) is 43.7 Å². The van der Waals surface area contributed by atoms with Gasteiger partial charge < -0.3 is 20.1 Å². The van der Waals surface area contributed by atoms with E-state index >= 15 is 0 Å². The minimum atomic E-state index is -0.120. The van der Waals surface area contributed by atoms with Gasteiger partial charge >= 0.3 is 0 Å². The summed E-state index contributed by atoms with van der Waals surface area (Å²) in [7, 11) is 1.89. The number of anilines is 1. The fourth-order valence-electron chi connectivity index (χ4n) is 3.80. The van der Waals surface area contributed by atoms with Crippen LogP contribution in [0.3, 0.4) is 0 Å². The molecule has 3 heterocycles. The molecular formula is C20H26N4O3. The molecule has 2 N–H and O–H groups in total. The average molecular weight is 370 g/mol. The van der Waals surface area contributed by atoms with Crippen molar-refractivity contribution in [1.82, 2.24) is 15.1 Å². The first-order chi connectivity index (χ1) is 13.2. The van der Waals surface area contributed by atoms with E-state index in [1.165, 1.54) is 0 Å². The molecule has 7 heteroatoms. The van der Waals surface area contributed by atoms with Gasteiger partial charge in [-0.2, -0.15) is 5.10 Å². The van der Waals surface area contributed by atoms with Gasteiger partial charge in [0, 0.05) is 50.6 Å². The normalized spacial score (nSPS) is 24.9. The van der Waals surface area contributed by atoms with Crippen LogP contribution in [0.4, 0.5) is 5.69 Å². The lowest BCUT2D eigenvalue weighted by Crippen LogP contribution is -2.28. The summed E-state index contributed by atoms with van der Waals surface area (Å²) in [6.07, 6.45) is 6.14. The third-order valence-electron chi connectivity index (χ3n) is 5.27. The van der Waals surface area contributed by atoms with Crippen LogP contribution in [0.2, 0.25) is 0 Å². The van der Waals surface area contributed by atoms with Gasteiger partial charge in [0.05, 0.1) is 18.2 Å². The lowest BCUT2D eigenvalue weighted by molar-refractivity contribution is -0.119. The van der Waals surface area contributed by atoms with Crippen molar-refractivity contribution in [3.8, 4) is 5.75 Å². The highest BCUT2D eigenvalue weighted by atomic mass is 16.5. The molecule has 1 amide bonds. The molecule has 1 aromatic heterocycles. The van der Waals surface area contributed by atoms with Crippen LogP contribution >= 0.6 is 0 Å². The summed E-state index contributed by atoms with van der Waals surface area (Å²) in [5.74, 6) is 0.782. The molecule has 7 nitrogen and oxygen atoms in total. The van der Waals surface area contributed by atoms with E-state index in [9.17, 15) is 4.79 Å². The molecule has 0 aliphatic carbocycles. The lowest BCUT2D eigenvalue weighted by Gasteiger charge is -2.17. The molecule has 0 bridgehead atoms. The molecule has 2 aromatic rings. The number of hydrogen-bond donors (Lipinski definition) is 2. The first-order valence-corrected chi connectivity index (χ1v) is 9.53. The molecule has 0 spiro atoms. The molecule has 2 saturated heterocycles. The Morgan fingerprint density at radius 1 is 1.44 bits per heavy atom. The summed E-state index contributed by atoms with van der Waals surface area (Å²) < 4.78 is 13.2. The van der Waals surface area contributed by atoms with Gasteiger partial charge in [0.15, 0.2) is 0 Å². The molecule has 3 atom stereocenters. The quantitative estimate of drug-likeness (QED) is 0.812. The van der Waals surface area contributed by atoms with Crippen molar-refractivity contribution in [2.24, 2.45) is 13.0 Å². The highest BCUT2D eigenvalue weighted by Crippen LogP contribution is 2.29. The van der Waals surface area contributed by atoms with E-state index in [1.54, 1.807) is 4.68 Å². The molecule has 2 aliphatic rings. The van der Waals surface area contributed by atoms with Crippen molar-refractivity contribution in [2.45, 2.75) is 24.9 Å². The Morgan fingerprint density at radius 2 is 2.37 bits per heavy atom. The maximum atomic E-state index is 12.8. The Bertz CT molecular complexity index is 785. The summed E-state index contributed by atoms with van der Waals surface area (Å²) >= 11 is 0. The Kier molecular flexibility index (Phi) is 5.40. The molecule has 0 saturated carbocycles. The second kappa shape index (κ2) is 8.10. The van der Waals surface area contributed by atoms with Gasteiger partial charge in [-0.15, -0.1) is 0 Å². The number of benzene rings is 1. The van der Waals surface area contributed by atoms with E-state index in [-0.39, 0.29) is 23.8 Å². The van der Waals surface area contributed by atoms with Crippen molar-refractivity contribution in [3.63, 3.8) is 0 Å². The number of carbonyl (C=O) groups excluding carboxylic acids is 1. The molecule has 27 heavy (non-hydrogen) atoms. The van der Waals surface area contributed by atoms with Crippen LogP contribution in [-0.2, 0) is 16.6 Å². The van der Waals surface area contributed by atoms with Gasteiger partial charge in [0.1, 0.15) is 12.4 Å². The number of rotatable bonds is 6. The molecule has 0 radical (unpaired) electrons. The van der Waals surface area contributed by atoms with Crippen molar-refractivity contribution in [2.75, 3.05) is 31.6 Å². The van der Waals surface area contributed by atoms with Crippen LogP contribution in [0.15, 0.2) is 36.7 Å². The van der Waals surface area contributed by atoms with Gasteiger partial charge in [0.2, 0.25) is 5.91 Å². The van der Waals surface area contributed by atoms with Crippen LogP contribution in [0.25, 0.3) is 0 Å². The van der Waals surface area contributed by atoms with Crippen LogP contribution in [0, 0.1) is 5.92 Å². The number of nitrogens with zero attached hydrogens (tertiary/aromatic N) is 2. The zero-order valence-corrected chi connectivity index (χ0v) is 15.6. The third-order valence-corrected chi connectivity index (χ3v) is 5.27. The third kappa shape index (κ3) is 4.31. The topological polar surface area (TPSA) is 77.4 Å². The van der Waals surface area contributed by atoms with Gasteiger partial charge in [-0.05, 0) is 30.5 Å². The number of ether oxygens (including phenoxy) is 2. The minimum absolute atomic E-state index is 0.0186. The van der Waals surface area contributed by atoms with Gasteiger partial charge in [-0.1, -0.05) is 6.07 Å². The average Bonchev–Trinajstić information content (AvgIpc) is 3.41. The summed E-state index contributed by atoms with van der Waals surface area (Å²) in [4.78, 5) is 12.8. The monoisotopic (exact) mass is 370 g/mol. The van der Waals surface area contributed by atoms with E-state index in [2.05, 4.69) is 15.7 Å². The molecule has 1 aromatic carbocycles. The van der Waals surface area contributed by atoms with Crippen LogP contribution < -0.4 is 15.4 Å². The summed E-state index contributed by atoms with van der Waals surface area (Å²) in [6, 6.07) is 7.55. The second-order valence-electron chi connectivity index (χ2n) is 7.28. The van der Waals surface area contributed by atoms with Crippen molar-refractivity contribution < 1.29 is 14.3 Å². The molecule has 1 unspecified atom stereocenters. The smallest absolute Gasteiger partial charge is 0.229 e. The Morgan fingerprint density at radius 3 is 3.15 bits per heavy atom. The molecule has 2 fully saturated rings. The SMILES string of the molecule is Cn1cc([C@H]2CNC[C@@H]2C(=O)Nc2cccc(OCC3CCCO3)c2)cn1. The van der Waals surface area contributed by atoms with E-state index < -0.39 is 0 Å². The predicted octanol–water partition coefficient (Wildman–Crippen LogP) is 1.92. The molecule has 4 rings (SSSR count). The molecule has 2 aliphatic heterocycles. The van der Waals surface area contributed by atoms with Crippen LogP contribution in [-0.4, -0.2) is 48.1 Å². The predicted molar refractivity (Wildman–Crippen MR) is 102 cm³/mol. The zero-order valence-electron chi connectivity index (χ0n) is 15.6. The maximum Gasteiger partial charge on any atom is 0.229 e. The first kappa shape index (κ1) is 18.0. The summed E-state index contributed by atoms with van der Waals surface area (Å²) in [6.45, 7) is 2.82. The van der Waals surface area contributed by atoms with Gasteiger partial charge in [-0.25, -0.2) is 0 Å². The first-order valence-electron chi connectivity index (χ1n) is 9.53. The molecule has 144 valence electrons. The van der Waals surface area contributed by atoms with Crippen LogP contribution in [0.5, 0.6) is 5.75 Å². The van der Waals surface area contributed by atoms with E-state index in [0.717, 1.165) is 43.0 Å². The highest BCUT2D eigenvalue weighted by Gasteiger charge is 2.34. The minimum Gasteiger partial charge on any atom is -0.491 e. The fourth-order valence-corrected chi connectivity index (χ4v) is 3.80. The number of aryl methyl sites for hydroxylation is 1. The number of nitrogens with one attached hydrogen (secondary N) is 2. The Hall–Kier alpha value is -2.38. The Balaban J connectivity index is 1.37. The number of aromatic nitrogens is 2. The highest BCUT2D eigenvalue weighted by molar-refractivity contribution is 5.93. The maximum absolute atomic E-state index is 12.8. The number of hydrogen-bond acceptors (Lipinski definition) is 5. The summed E-state index contributed by atoms with van der Waals surface area (Å²) in [5.41, 5.74) is 1.85. The lowest BCUT2D eigenvalue weighted by atomic mass is 9.90. The fraction of sp³-hybridized carbons (Fsp3) is 0.500. The van der Waals surface area contributed by atoms with Crippen molar-refractivity contribution in [3.05, 3.63) is 42.2 Å². The molecular weight excluding hydrogens is 344 g/mol. The standard InChI is InChI=1S/C20H26N4O3/c1-24-12-14(9-22-24)18-10-21-11-19(18)20(25)23-15-4-2-5-16(8-15)27-13-17-6-3-7-26-17/h2,4-5,8-9,12,17-19,21H,3,6-7,10-11,13H2,1H3,(H,23,25)/t17?,18-,19+/m1/s1. The van der Waals surface area contributed by atoms with E-state index in [0.29, 0.717) is 13.2 Å². The van der Waals surface area contributed by atoms with Gasteiger partial charge in [0.25, 0.3) is 0 Å². The number of amides is 1. The largest absolute Gasteiger partial charge is 0.491 e. The van der Waals surface area contributed by atoms with E-state index in [4.69, 9.17) is 9.47 Å². The zero-order chi connectivity index (χ0) is 18.6. The van der Waals surface area contributed by atoms with Crippen LogP contribution in [0.1, 0.15) is 24.3 Å². The Labute approximate surface area is 159 Å². The summed E-state index contributed by atoms with van der Waals surface area (Å²) in [5, 5.41) is 10.6. The van der Waals surface area contributed by atoms with Gasteiger partial charge in [-0.3, -0.25) is 9.48 Å². The number of carbonyl (C=O) groups is 1.